The fourth-order valence-electron chi connectivity index (χ4n) is 5.12. The predicted octanol–water partition coefficient (Wildman–Crippen LogP) is 10.1. The molecule has 5 heteroatoms. The Balaban J connectivity index is 0.000000200. The number of aromatic nitrogens is 2. The van der Waals surface area contributed by atoms with Gasteiger partial charge in [0.05, 0.1) is 18.6 Å². The number of rotatable bonds is 3. The first-order chi connectivity index (χ1) is 21.7. The molecule has 7 rings (SSSR count). The van der Waals surface area contributed by atoms with Gasteiger partial charge in [0.2, 0.25) is 0 Å². The third-order valence-electron chi connectivity index (χ3n) is 7.51. The number of benzene rings is 4. The molecule has 0 bridgehead atoms. The summed E-state index contributed by atoms with van der Waals surface area (Å²) in [7, 11) is 0. The molecule has 0 saturated heterocycles. The first kappa shape index (κ1) is 30.2. The van der Waals surface area contributed by atoms with E-state index in [4.69, 9.17) is 5.79 Å². The van der Waals surface area contributed by atoms with Gasteiger partial charge in [0.25, 0.3) is 0 Å². The third-order valence-corrected chi connectivity index (χ3v) is 7.51. The smallest absolute Gasteiger partial charge is 0.130 e. The summed E-state index contributed by atoms with van der Waals surface area (Å²) in [5.41, 5.74) is 9.64. The van der Waals surface area contributed by atoms with Gasteiger partial charge in [0, 0.05) is 43.4 Å². The number of aryl methyl sites for hydroxylation is 1. The summed E-state index contributed by atoms with van der Waals surface area (Å²) in [6.07, 6.45) is 3.50. The Morgan fingerprint density at radius 1 is 0.822 bits per heavy atom. The standard InChI is InChI=1S/C24H13N2O.C16H18N.Ir/c25-15-17-12-13-19-18-9-6-10-20(21-11-4-5-14-26-21)23(18)27-24(19)22(17)16-7-2-1-3-8-16;1-12-5-10-15(17-11-12)13-6-8-14(9-7-13)16(2,3)4;/h1-9,11-14H;5-6,8-11H,1-4H3;/q2*-1;/i4D;;. The summed E-state index contributed by atoms with van der Waals surface area (Å²) in [5.74, 6) is 0. The Morgan fingerprint density at radius 2 is 1.62 bits per heavy atom. The molecular weight excluding hydrogens is 731 g/mol. The minimum atomic E-state index is 0. The van der Waals surface area contributed by atoms with Gasteiger partial charge in [0.15, 0.2) is 0 Å². The Morgan fingerprint density at radius 3 is 2.29 bits per heavy atom. The van der Waals surface area contributed by atoms with Gasteiger partial charge in [-0.15, -0.1) is 53.6 Å². The summed E-state index contributed by atoms with van der Waals surface area (Å²) >= 11 is 0. The number of fused-ring (bicyclic) bond motifs is 3. The van der Waals surface area contributed by atoms with Gasteiger partial charge in [0.1, 0.15) is 5.58 Å². The Hall–Kier alpha value is -4.88. The van der Waals surface area contributed by atoms with E-state index >= 15 is 0 Å². The van der Waals surface area contributed by atoms with Crippen LogP contribution in [0.2, 0.25) is 0 Å². The quantitative estimate of drug-likeness (QED) is 0.168. The van der Waals surface area contributed by atoms with E-state index in [-0.39, 0.29) is 25.5 Å². The number of nitrogens with zero attached hydrogens (tertiary/aromatic N) is 3. The molecule has 0 spiro atoms. The molecule has 45 heavy (non-hydrogen) atoms. The second-order valence-electron chi connectivity index (χ2n) is 11.6. The van der Waals surface area contributed by atoms with Crippen LogP contribution >= 0.6 is 0 Å². The van der Waals surface area contributed by atoms with E-state index in [2.05, 4.69) is 73.2 Å². The molecule has 0 fully saturated rings. The van der Waals surface area contributed by atoms with Gasteiger partial charge in [-0.25, -0.2) is 0 Å². The van der Waals surface area contributed by atoms with E-state index in [1.165, 1.54) is 11.1 Å². The number of nitriles is 1. The van der Waals surface area contributed by atoms with Crippen LogP contribution in [0.4, 0.5) is 0 Å². The number of pyridine rings is 2. The second-order valence-corrected chi connectivity index (χ2v) is 11.6. The normalized spacial score (nSPS) is 11.2. The largest absolute Gasteiger partial charge is 0.500 e. The monoisotopic (exact) mass is 763 g/mol. The van der Waals surface area contributed by atoms with Crippen molar-refractivity contribution >= 4 is 21.9 Å². The van der Waals surface area contributed by atoms with Crippen molar-refractivity contribution in [1.82, 2.24) is 9.97 Å². The van der Waals surface area contributed by atoms with Crippen molar-refractivity contribution in [2.24, 2.45) is 0 Å². The van der Waals surface area contributed by atoms with Crippen LogP contribution in [0.5, 0.6) is 0 Å². The van der Waals surface area contributed by atoms with Crippen LogP contribution < -0.4 is 0 Å². The van der Waals surface area contributed by atoms with Crippen molar-refractivity contribution in [2.45, 2.75) is 33.1 Å². The number of hydrogen-bond acceptors (Lipinski definition) is 4. The molecule has 0 atom stereocenters. The number of furan rings is 1. The van der Waals surface area contributed by atoms with Gasteiger partial charge in [-0.3, -0.25) is 0 Å². The van der Waals surface area contributed by atoms with Crippen molar-refractivity contribution in [2.75, 3.05) is 0 Å². The summed E-state index contributed by atoms with van der Waals surface area (Å²) in [6.45, 7) is 8.67. The van der Waals surface area contributed by atoms with Crippen LogP contribution in [0.1, 0.15) is 38.8 Å². The molecular formula is C40H31IrN3O-2. The minimum absolute atomic E-state index is 0. The Kier molecular flexibility index (Phi) is 8.98. The molecule has 0 unspecified atom stereocenters. The maximum absolute atomic E-state index is 9.65. The maximum atomic E-state index is 9.65. The van der Waals surface area contributed by atoms with Crippen molar-refractivity contribution in [1.29, 1.82) is 5.26 Å². The second kappa shape index (κ2) is 13.4. The Bertz CT molecular complexity index is 2160. The maximum Gasteiger partial charge on any atom is 0.130 e. The van der Waals surface area contributed by atoms with Crippen LogP contribution in [0.3, 0.4) is 0 Å². The molecule has 0 aliphatic heterocycles. The number of hydrogen-bond donors (Lipinski definition) is 0. The fourth-order valence-corrected chi connectivity index (χ4v) is 5.12. The molecule has 1 radical (unpaired) electrons. The first-order valence-electron chi connectivity index (χ1n) is 15.0. The summed E-state index contributed by atoms with van der Waals surface area (Å²) in [5, 5.41) is 11.5. The van der Waals surface area contributed by atoms with Gasteiger partial charge < -0.3 is 14.4 Å². The molecule has 0 amide bonds. The zero-order valence-corrected chi connectivity index (χ0v) is 27.9. The van der Waals surface area contributed by atoms with Gasteiger partial charge in [-0.05, 0) is 47.0 Å². The SMILES string of the molecule is Cc1ccc(-c2[c-]cc(C(C)(C)C)cc2)nc1.[2H]c1ccnc(-c2[c-]ccc3c2oc2c(-c4ccccc4)c(C#N)ccc23)c1.[Ir]. The van der Waals surface area contributed by atoms with Crippen molar-refractivity contribution in [3.8, 4) is 39.7 Å². The van der Waals surface area contributed by atoms with Crippen LogP contribution in [0, 0.1) is 30.4 Å². The van der Waals surface area contributed by atoms with E-state index in [1.54, 1.807) is 18.3 Å². The molecule has 4 nitrogen and oxygen atoms in total. The Labute approximate surface area is 279 Å². The van der Waals surface area contributed by atoms with Crippen LogP contribution in [0.15, 0.2) is 120 Å². The molecule has 0 N–H and O–H groups in total. The first-order valence-corrected chi connectivity index (χ1v) is 14.5. The van der Waals surface area contributed by atoms with E-state index in [9.17, 15) is 5.26 Å². The molecule has 223 valence electrons. The zero-order valence-electron chi connectivity index (χ0n) is 26.5. The molecule has 0 aliphatic carbocycles. The minimum Gasteiger partial charge on any atom is -0.500 e. The molecule has 3 heterocycles. The van der Waals surface area contributed by atoms with Crippen LogP contribution in [-0.2, 0) is 25.5 Å². The summed E-state index contributed by atoms with van der Waals surface area (Å²) in [4.78, 5) is 8.79. The molecule has 0 saturated carbocycles. The van der Waals surface area contributed by atoms with E-state index in [0.29, 0.717) is 34.0 Å². The van der Waals surface area contributed by atoms with Gasteiger partial charge >= 0.3 is 0 Å². The van der Waals surface area contributed by atoms with E-state index in [1.807, 2.05) is 73.8 Å². The average molecular weight is 763 g/mol. The predicted molar refractivity (Wildman–Crippen MR) is 178 cm³/mol. The summed E-state index contributed by atoms with van der Waals surface area (Å²) in [6, 6.07) is 40.3. The molecule has 3 aromatic heterocycles. The topological polar surface area (TPSA) is 62.7 Å². The average Bonchev–Trinajstić information content (AvgIpc) is 3.44. The van der Waals surface area contributed by atoms with Crippen LogP contribution in [0.25, 0.3) is 55.6 Å². The van der Waals surface area contributed by atoms with Crippen LogP contribution in [-0.4, -0.2) is 9.97 Å². The third kappa shape index (κ3) is 6.64. The van der Waals surface area contributed by atoms with Crippen molar-refractivity contribution < 1.29 is 25.9 Å². The molecule has 7 aromatic rings. The van der Waals surface area contributed by atoms with Gasteiger partial charge in [-0.2, -0.15) is 5.26 Å². The van der Waals surface area contributed by atoms with Crippen molar-refractivity contribution in [3.63, 3.8) is 0 Å². The zero-order chi connectivity index (χ0) is 31.6. The van der Waals surface area contributed by atoms with Crippen molar-refractivity contribution in [3.05, 3.63) is 144 Å². The summed E-state index contributed by atoms with van der Waals surface area (Å²) < 4.78 is 14.2. The van der Waals surface area contributed by atoms with E-state index < -0.39 is 0 Å². The molecule has 4 aromatic carbocycles. The van der Waals surface area contributed by atoms with E-state index in [0.717, 1.165) is 33.2 Å². The fraction of sp³-hybridized carbons (Fsp3) is 0.125. The van der Waals surface area contributed by atoms with Gasteiger partial charge in [-0.1, -0.05) is 92.4 Å². The molecule has 0 aliphatic rings.